The van der Waals surface area contributed by atoms with Crippen LogP contribution in [-0.4, -0.2) is 35.8 Å². The standard InChI is InChI=1S/C6H2N10O8/c17-14-4(3-6(8-16(20)21)13-23-10-3)1(11-24-14)2-5(7-15(18)19)12-22-9-2/h(H,7,12)(H,8,13). The Labute approximate surface area is 126 Å². The van der Waals surface area contributed by atoms with Crippen molar-refractivity contribution in [1.29, 1.82) is 0 Å². The van der Waals surface area contributed by atoms with E-state index < -0.39 is 44.5 Å². The Morgan fingerprint density at radius 2 is 1.38 bits per heavy atom. The second-order valence-corrected chi connectivity index (χ2v) is 3.79. The van der Waals surface area contributed by atoms with Crippen LogP contribution in [0.2, 0.25) is 0 Å². The molecule has 0 radical (unpaired) electrons. The average molecular weight is 342 g/mol. The summed E-state index contributed by atoms with van der Waals surface area (Å²) in [6, 6.07) is 0. The topological polar surface area (TPSA) is 241 Å². The third-order valence-corrected chi connectivity index (χ3v) is 2.43. The van der Waals surface area contributed by atoms with E-state index in [4.69, 9.17) is 0 Å². The third kappa shape index (κ3) is 2.44. The molecular formula is C6H2N10O8. The number of rotatable bonds is 6. The van der Waals surface area contributed by atoms with Crippen LogP contribution < -0.4 is 15.8 Å². The fraction of sp³-hybridized carbons (Fsp3) is 0. The molecule has 3 rings (SSSR count). The molecule has 3 aromatic heterocycles. The largest absolute Gasteiger partial charge is 0.359 e. The zero-order chi connectivity index (χ0) is 17.3. The van der Waals surface area contributed by atoms with Crippen molar-refractivity contribution in [2.45, 2.75) is 0 Å². The predicted octanol–water partition coefficient (Wildman–Crippen LogP) is -1.38. The van der Waals surface area contributed by atoms with E-state index in [1.165, 1.54) is 0 Å². The number of aromatic nitrogens is 6. The summed E-state index contributed by atoms with van der Waals surface area (Å²) in [4.78, 5) is 20.8. The van der Waals surface area contributed by atoms with Crippen molar-refractivity contribution in [3.05, 3.63) is 25.4 Å². The molecule has 0 aliphatic rings. The maximum atomic E-state index is 11.8. The van der Waals surface area contributed by atoms with Crippen LogP contribution in [0, 0.1) is 25.4 Å². The van der Waals surface area contributed by atoms with Crippen LogP contribution in [0.25, 0.3) is 22.8 Å². The van der Waals surface area contributed by atoms with Gasteiger partial charge in [-0.25, -0.2) is 29.5 Å². The van der Waals surface area contributed by atoms with Crippen LogP contribution in [0.1, 0.15) is 0 Å². The molecule has 24 heavy (non-hydrogen) atoms. The van der Waals surface area contributed by atoms with E-state index >= 15 is 0 Å². The van der Waals surface area contributed by atoms with E-state index in [9.17, 15) is 25.4 Å². The second-order valence-electron chi connectivity index (χ2n) is 3.79. The molecule has 0 fully saturated rings. The number of hydrogen-bond donors (Lipinski definition) is 2. The number of hydrogen-bond acceptors (Lipinski definition) is 13. The van der Waals surface area contributed by atoms with Crippen molar-refractivity contribution in [3.8, 4) is 22.8 Å². The molecule has 18 heteroatoms. The van der Waals surface area contributed by atoms with Crippen molar-refractivity contribution in [2.24, 2.45) is 0 Å². The van der Waals surface area contributed by atoms with Gasteiger partial charge < -0.3 is 5.21 Å². The molecule has 3 heterocycles. The fourth-order valence-electron chi connectivity index (χ4n) is 1.61. The summed E-state index contributed by atoms with van der Waals surface area (Å²) in [7, 11) is 0. The van der Waals surface area contributed by atoms with Crippen LogP contribution >= 0.6 is 0 Å². The van der Waals surface area contributed by atoms with Crippen LogP contribution in [0.15, 0.2) is 13.9 Å². The van der Waals surface area contributed by atoms with Gasteiger partial charge in [0.2, 0.25) is 11.4 Å². The lowest BCUT2D eigenvalue weighted by Gasteiger charge is -1.95. The van der Waals surface area contributed by atoms with E-state index in [1.807, 2.05) is 0 Å². The molecule has 2 N–H and O–H groups in total. The average Bonchev–Trinajstić information content (AvgIpc) is 3.18. The number of nitrogens with one attached hydrogen (secondary N) is 2. The van der Waals surface area contributed by atoms with Gasteiger partial charge >= 0.3 is 0 Å². The lowest BCUT2D eigenvalue weighted by atomic mass is 10.2. The summed E-state index contributed by atoms with van der Waals surface area (Å²) in [6.07, 6.45) is 0. The zero-order valence-electron chi connectivity index (χ0n) is 10.8. The molecule has 0 amide bonds. The minimum Gasteiger partial charge on any atom is -0.359 e. The first-order valence-electron chi connectivity index (χ1n) is 5.55. The number of nitro groups is 2. The first-order valence-corrected chi connectivity index (χ1v) is 5.55. The van der Waals surface area contributed by atoms with Gasteiger partial charge in [-0.15, -0.1) is 0 Å². The highest BCUT2D eigenvalue weighted by Gasteiger charge is 2.35. The van der Waals surface area contributed by atoms with Gasteiger partial charge in [0, 0.05) is 5.16 Å². The molecule has 18 nitrogen and oxygen atoms in total. The second kappa shape index (κ2) is 5.43. The quantitative estimate of drug-likeness (QED) is 0.297. The van der Waals surface area contributed by atoms with Gasteiger partial charge in [0.25, 0.3) is 23.0 Å². The predicted molar refractivity (Wildman–Crippen MR) is 63.3 cm³/mol. The van der Waals surface area contributed by atoms with Crippen molar-refractivity contribution in [2.75, 3.05) is 10.9 Å². The van der Waals surface area contributed by atoms with Crippen molar-refractivity contribution in [3.63, 3.8) is 0 Å². The Bertz CT molecular complexity index is 910. The van der Waals surface area contributed by atoms with Gasteiger partial charge in [-0.3, -0.25) is 4.63 Å². The Kier molecular flexibility index (Phi) is 3.29. The number of anilines is 2. The SMILES string of the molecule is O=[N+]([O-])Nc1nonc1-c1no[n+]([O-])c1-c1nonc1N[N+](=O)[O-]. The Morgan fingerprint density at radius 1 is 0.833 bits per heavy atom. The summed E-state index contributed by atoms with van der Waals surface area (Å²) in [5, 5.41) is 47.2. The molecule has 0 saturated heterocycles. The van der Waals surface area contributed by atoms with Gasteiger partial charge in [0.05, 0.1) is 0 Å². The number of nitrogens with zero attached hydrogens (tertiary/aromatic N) is 8. The van der Waals surface area contributed by atoms with Crippen molar-refractivity contribution < 1.29 is 28.9 Å². The summed E-state index contributed by atoms with van der Waals surface area (Å²) in [6.45, 7) is 0. The summed E-state index contributed by atoms with van der Waals surface area (Å²) >= 11 is 0. The Balaban J connectivity index is 2.11. The Morgan fingerprint density at radius 3 is 1.96 bits per heavy atom. The minimum atomic E-state index is -0.983. The maximum absolute atomic E-state index is 11.8. The van der Waals surface area contributed by atoms with Crippen LogP contribution in [0.5, 0.6) is 0 Å². The zero-order valence-corrected chi connectivity index (χ0v) is 10.8. The number of hydrazine groups is 2. The van der Waals surface area contributed by atoms with Crippen LogP contribution in [-0.2, 0) is 0 Å². The molecule has 0 aromatic carbocycles. The molecule has 0 bridgehead atoms. The summed E-state index contributed by atoms with van der Waals surface area (Å²) < 4.78 is 13.0. The maximum Gasteiger partial charge on any atom is 0.284 e. The highest BCUT2D eigenvalue weighted by Crippen LogP contribution is 2.32. The highest BCUT2D eigenvalue weighted by molar-refractivity contribution is 5.80. The van der Waals surface area contributed by atoms with Gasteiger partial charge in [-0.2, -0.15) is 0 Å². The van der Waals surface area contributed by atoms with Crippen molar-refractivity contribution >= 4 is 11.6 Å². The van der Waals surface area contributed by atoms with E-state index in [-0.39, 0.29) is 4.90 Å². The van der Waals surface area contributed by atoms with Gasteiger partial charge in [-0.05, 0) is 25.5 Å². The smallest absolute Gasteiger partial charge is 0.284 e. The molecule has 0 saturated carbocycles. The summed E-state index contributed by atoms with van der Waals surface area (Å²) in [5.74, 6) is -1.05. The molecule has 124 valence electrons. The normalized spacial score (nSPS) is 10.5. The monoisotopic (exact) mass is 342 g/mol. The van der Waals surface area contributed by atoms with E-state index in [1.54, 1.807) is 10.9 Å². The molecule has 0 spiro atoms. The molecule has 0 aliphatic carbocycles. The van der Waals surface area contributed by atoms with Crippen molar-refractivity contribution in [1.82, 2.24) is 25.8 Å². The first kappa shape index (κ1) is 14.6. The highest BCUT2D eigenvalue weighted by atomic mass is 16.8. The molecule has 0 unspecified atom stereocenters. The first-order chi connectivity index (χ1) is 11.5. The minimum absolute atomic E-state index is 0.190. The lowest BCUT2D eigenvalue weighted by molar-refractivity contribution is -0.793. The summed E-state index contributed by atoms with van der Waals surface area (Å²) in [5.41, 5.74) is 1.48. The van der Waals surface area contributed by atoms with E-state index in [0.717, 1.165) is 0 Å². The molecule has 3 aromatic rings. The molecule has 0 aliphatic heterocycles. The van der Waals surface area contributed by atoms with E-state index in [0.29, 0.717) is 0 Å². The van der Waals surface area contributed by atoms with Crippen LogP contribution in [0.3, 0.4) is 0 Å². The van der Waals surface area contributed by atoms with E-state index in [2.05, 4.69) is 39.7 Å². The van der Waals surface area contributed by atoms with Gasteiger partial charge in [0.15, 0.2) is 10.1 Å². The van der Waals surface area contributed by atoms with Gasteiger partial charge in [0.1, 0.15) is 0 Å². The fourth-order valence-corrected chi connectivity index (χ4v) is 1.61. The van der Waals surface area contributed by atoms with Gasteiger partial charge in [-0.1, -0.05) is 10.9 Å². The third-order valence-electron chi connectivity index (χ3n) is 2.43. The molecule has 0 atom stereocenters. The molecular weight excluding hydrogens is 340 g/mol. The van der Waals surface area contributed by atoms with Crippen LogP contribution in [0.4, 0.5) is 11.6 Å². The lowest BCUT2D eigenvalue weighted by Crippen LogP contribution is -2.26. The Hall–Kier alpha value is -4.38.